The van der Waals surface area contributed by atoms with Crippen LogP contribution in [0, 0.1) is 13.8 Å². The molecular weight excluding hydrogens is 356 g/mol. The molecule has 0 saturated carbocycles. The lowest BCUT2D eigenvalue weighted by atomic mass is 10.2. The van der Waals surface area contributed by atoms with Crippen molar-refractivity contribution in [1.29, 1.82) is 0 Å². The van der Waals surface area contributed by atoms with Crippen LogP contribution in [0.2, 0.25) is 0 Å². The van der Waals surface area contributed by atoms with E-state index in [-0.39, 0.29) is 5.91 Å². The number of hydrogen-bond acceptors (Lipinski definition) is 5. The van der Waals surface area contributed by atoms with Crippen LogP contribution in [0.1, 0.15) is 21.7 Å². The van der Waals surface area contributed by atoms with E-state index in [0.29, 0.717) is 35.2 Å². The van der Waals surface area contributed by atoms with Crippen molar-refractivity contribution in [3.8, 4) is 17.3 Å². The van der Waals surface area contributed by atoms with Crippen LogP contribution in [0.3, 0.4) is 0 Å². The zero-order chi connectivity index (χ0) is 20.1. The van der Waals surface area contributed by atoms with E-state index in [1.165, 1.54) is 7.11 Å². The number of carbonyl (C=O) groups excluding carboxylic acids is 1. The third kappa shape index (κ3) is 4.20. The lowest BCUT2D eigenvalue weighted by Gasteiger charge is -2.11. The third-order valence-corrected chi connectivity index (χ3v) is 4.01. The minimum atomic E-state index is -0.269. The van der Waals surface area contributed by atoms with Crippen molar-refractivity contribution in [2.45, 2.75) is 13.8 Å². The molecule has 0 saturated heterocycles. The summed E-state index contributed by atoms with van der Waals surface area (Å²) in [5.41, 5.74) is 2.95. The van der Waals surface area contributed by atoms with Gasteiger partial charge in [-0.2, -0.15) is 5.10 Å². The number of aromatic nitrogens is 3. The standard InChI is InChI=1S/C21H22N4O3/c1-5-10-28-18-8-6-16(12-19(18)27-4)21(26)23-17-7-9-20(22-13-17)25-15(3)11-14(2)24-25/h5-9,11-13H,1,10H2,2-4H3,(H,23,26). The number of amides is 1. The normalized spacial score (nSPS) is 10.4. The molecule has 7 nitrogen and oxygen atoms in total. The molecule has 0 radical (unpaired) electrons. The second kappa shape index (κ2) is 8.39. The van der Waals surface area contributed by atoms with E-state index in [9.17, 15) is 4.79 Å². The highest BCUT2D eigenvalue weighted by Crippen LogP contribution is 2.28. The summed E-state index contributed by atoms with van der Waals surface area (Å²) < 4.78 is 12.6. The van der Waals surface area contributed by atoms with Gasteiger partial charge in [0.1, 0.15) is 6.61 Å². The van der Waals surface area contributed by atoms with E-state index in [4.69, 9.17) is 9.47 Å². The molecule has 1 amide bonds. The van der Waals surface area contributed by atoms with Gasteiger partial charge in [-0.25, -0.2) is 9.67 Å². The molecule has 3 aromatic rings. The zero-order valence-corrected chi connectivity index (χ0v) is 16.1. The van der Waals surface area contributed by atoms with Crippen LogP contribution in [0.4, 0.5) is 5.69 Å². The highest BCUT2D eigenvalue weighted by molar-refractivity contribution is 6.04. The summed E-state index contributed by atoms with van der Waals surface area (Å²) in [6.07, 6.45) is 3.24. The first-order chi connectivity index (χ1) is 13.5. The van der Waals surface area contributed by atoms with Gasteiger partial charge in [-0.05, 0) is 50.2 Å². The topological polar surface area (TPSA) is 78.3 Å². The number of nitrogens with zero attached hydrogens (tertiary/aromatic N) is 3. The molecule has 7 heteroatoms. The molecule has 0 aliphatic carbocycles. The van der Waals surface area contributed by atoms with Gasteiger partial charge in [0.2, 0.25) is 0 Å². The Morgan fingerprint density at radius 1 is 1.21 bits per heavy atom. The Morgan fingerprint density at radius 3 is 2.64 bits per heavy atom. The fourth-order valence-electron chi connectivity index (χ4n) is 2.73. The predicted molar refractivity (Wildman–Crippen MR) is 107 cm³/mol. The minimum Gasteiger partial charge on any atom is -0.493 e. The van der Waals surface area contributed by atoms with Gasteiger partial charge in [0.15, 0.2) is 17.3 Å². The quantitative estimate of drug-likeness (QED) is 0.634. The van der Waals surface area contributed by atoms with Crippen LogP contribution >= 0.6 is 0 Å². The maximum absolute atomic E-state index is 12.6. The van der Waals surface area contributed by atoms with Gasteiger partial charge in [-0.15, -0.1) is 0 Å². The molecule has 0 aliphatic rings. The van der Waals surface area contributed by atoms with E-state index in [2.05, 4.69) is 22.0 Å². The van der Waals surface area contributed by atoms with Crippen molar-refractivity contribution in [2.75, 3.05) is 19.0 Å². The Labute approximate surface area is 163 Å². The predicted octanol–water partition coefficient (Wildman–Crippen LogP) is 3.71. The van der Waals surface area contributed by atoms with Crippen LogP contribution in [0.25, 0.3) is 5.82 Å². The maximum Gasteiger partial charge on any atom is 0.255 e. The SMILES string of the molecule is C=CCOc1ccc(C(=O)Nc2ccc(-n3nc(C)cc3C)nc2)cc1OC. The summed E-state index contributed by atoms with van der Waals surface area (Å²) in [5.74, 6) is 1.45. The van der Waals surface area contributed by atoms with E-state index >= 15 is 0 Å². The van der Waals surface area contributed by atoms with Crippen LogP contribution in [0.15, 0.2) is 55.3 Å². The lowest BCUT2D eigenvalue weighted by Crippen LogP contribution is -2.13. The Balaban J connectivity index is 1.74. The summed E-state index contributed by atoms with van der Waals surface area (Å²) in [6.45, 7) is 7.87. The summed E-state index contributed by atoms with van der Waals surface area (Å²) in [5, 5.41) is 7.23. The minimum absolute atomic E-state index is 0.269. The average Bonchev–Trinajstić information content (AvgIpc) is 3.04. The first kappa shape index (κ1) is 19.2. The van der Waals surface area contributed by atoms with E-state index in [1.807, 2.05) is 26.0 Å². The molecule has 0 atom stereocenters. The number of benzene rings is 1. The van der Waals surface area contributed by atoms with Gasteiger partial charge < -0.3 is 14.8 Å². The molecule has 0 bridgehead atoms. The molecule has 0 aliphatic heterocycles. The highest BCUT2D eigenvalue weighted by Gasteiger charge is 2.12. The molecule has 2 heterocycles. The number of aryl methyl sites for hydroxylation is 2. The molecule has 144 valence electrons. The average molecular weight is 378 g/mol. The van der Waals surface area contributed by atoms with Crippen molar-refractivity contribution in [1.82, 2.24) is 14.8 Å². The molecule has 0 unspecified atom stereocenters. The largest absolute Gasteiger partial charge is 0.493 e. The first-order valence-electron chi connectivity index (χ1n) is 8.74. The second-order valence-corrected chi connectivity index (χ2v) is 6.16. The van der Waals surface area contributed by atoms with Crippen molar-refractivity contribution >= 4 is 11.6 Å². The first-order valence-corrected chi connectivity index (χ1v) is 8.74. The van der Waals surface area contributed by atoms with Gasteiger partial charge >= 0.3 is 0 Å². The molecule has 1 N–H and O–H groups in total. The number of hydrogen-bond donors (Lipinski definition) is 1. The number of ether oxygens (including phenoxy) is 2. The summed E-state index contributed by atoms with van der Waals surface area (Å²) in [6, 6.07) is 10.6. The summed E-state index contributed by atoms with van der Waals surface area (Å²) in [4.78, 5) is 16.9. The van der Waals surface area contributed by atoms with Crippen LogP contribution in [0.5, 0.6) is 11.5 Å². The van der Waals surface area contributed by atoms with Crippen molar-refractivity contribution in [2.24, 2.45) is 0 Å². The second-order valence-electron chi connectivity index (χ2n) is 6.16. The third-order valence-electron chi connectivity index (χ3n) is 4.01. The highest BCUT2D eigenvalue weighted by atomic mass is 16.5. The van der Waals surface area contributed by atoms with Crippen molar-refractivity contribution in [3.63, 3.8) is 0 Å². The van der Waals surface area contributed by atoms with Crippen LogP contribution < -0.4 is 14.8 Å². The van der Waals surface area contributed by atoms with Gasteiger partial charge in [0.05, 0.1) is 24.7 Å². The van der Waals surface area contributed by atoms with Gasteiger partial charge in [0.25, 0.3) is 5.91 Å². The Hall–Kier alpha value is -3.61. The number of rotatable bonds is 7. The molecule has 2 aromatic heterocycles. The fourth-order valence-corrected chi connectivity index (χ4v) is 2.73. The number of anilines is 1. The molecule has 28 heavy (non-hydrogen) atoms. The zero-order valence-electron chi connectivity index (χ0n) is 16.1. The Bertz CT molecular complexity index is 993. The van der Waals surface area contributed by atoms with E-state index in [0.717, 1.165) is 11.4 Å². The van der Waals surface area contributed by atoms with E-state index < -0.39 is 0 Å². The maximum atomic E-state index is 12.6. The van der Waals surface area contributed by atoms with Gasteiger partial charge in [-0.1, -0.05) is 12.7 Å². The number of pyridine rings is 1. The smallest absolute Gasteiger partial charge is 0.255 e. The monoisotopic (exact) mass is 378 g/mol. The molecule has 0 spiro atoms. The lowest BCUT2D eigenvalue weighted by molar-refractivity contribution is 0.102. The number of carbonyl (C=O) groups is 1. The van der Waals surface area contributed by atoms with Gasteiger partial charge in [0, 0.05) is 11.3 Å². The van der Waals surface area contributed by atoms with Crippen molar-refractivity contribution < 1.29 is 14.3 Å². The molecule has 0 fully saturated rings. The van der Waals surface area contributed by atoms with Crippen molar-refractivity contribution in [3.05, 3.63) is 72.2 Å². The van der Waals surface area contributed by atoms with E-state index in [1.54, 1.807) is 41.2 Å². The molecular formula is C21H22N4O3. The molecule has 3 rings (SSSR count). The summed E-state index contributed by atoms with van der Waals surface area (Å²) >= 11 is 0. The Morgan fingerprint density at radius 2 is 2.04 bits per heavy atom. The number of nitrogens with one attached hydrogen (secondary N) is 1. The fraction of sp³-hybridized carbons (Fsp3) is 0.190. The van der Waals surface area contributed by atoms with Crippen LogP contribution in [-0.2, 0) is 0 Å². The van der Waals surface area contributed by atoms with Crippen LogP contribution in [-0.4, -0.2) is 34.4 Å². The van der Waals surface area contributed by atoms with Gasteiger partial charge in [-0.3, -0.25) is 4.79 Å². The molecule has 1 aromatic carbocycles. The summed E-state index contributed by atoms with van der Waals surface area (Å²) in [7, 11) is 1.53. The Kier molecular flexibility index (Phi) is 5.74. The number of methoxy groups -OCH3 is 1.